The van der Waals surface area contributed by atoms with Crippen molar-refractivity contribution < 1.29 is 19.0 Å². The van der Waals surface area contributed by atoms with Crippen LogP contribution in [0.5, 0.6) is 5.75 Å². The molecule has 0 unspecified atom stereocenters. The van der Waals surface area contributed by atoms with Gasteiger partial charge >= 0.3 is 0 Å². The lowest BCUT2D eigenvalue weighted by Crippen LogP contribution is -2.16. The number of phenolic OH excluding ortho intramolecular Hbond substituents is 1. The number of fused-ring (bicyclic) bond motifs is 2. The van der Waals surface area contributed by atoms with Crippen LogP contribution in [0.25, 0.3) is 21.9 Å². The zero-order valence-corrected chi connectivity index (χ0v) is 9.52. The van der Waals surface area contributed by atoms with Crippen molar-refractivity contribution in [2.24, 2.45) is 0 Å². The molecule has 0 spiro atoms. The molecule has 0 aliphatic heterocycles. The lowest BCUT2D eigenvalue weighted by Gasteiger charge is -2.19. The summed E-state index contributed by atoms with van der Waals surface area (Å²) in [6.07, 6.45) is 2.97. The quantitative estimate of drug-likeness (QED) is 0.676. The van der Waals surface area contributed by atoms with E-state index in [1.165, 1.54) is 12.5 Å². The number of aliphatic hydroxyl groups is 1. The molecule has 2 N–H and O–H groups in total. The van der Waals surface area contributed by atoms with E-state index in [1.54, 1.807) is 26.0 Å². The summed E-state index contributed by atoms with van der Waals surface area (Å²) >= 11 is 0. The van der Waals surface area contributed by atoms with E-state index < -0.39 is 5.60 Å². The van der Waals surface area contributed by atoms with Gasteiger partial charge in [0.25, 0.3) is 0 Å². The lowest BCUT2D eigenvalue weighted by molar-refractivity contribution is 0.0807. The molecule has 1 aromatic carbocycles. The highest BCUT2D eigenvalue weighted by Gasteiger charge is 2.27. The van der Waals surface area contributed by atoms with E-state index in [9.17, 15) is 10.2 Å². The SMILES string of the molecule is CC(C)(O)c1c2ccoc2c(O)c2ccoc12. The van der Waals surface area contributed by atoms with Crippen molar-refractivity contribution in [3.63, 3.8) is 0 Å². The van der Waals surface area contributed by atoms with Gasteiger partial charge in [0.15, 0.2) is 11.3 Å². The summed E-state index contributed by atoms with van der Waals surface area (Å²) in [4.78, 5) is 0. The maximum Gasteiger partial charge on any atom is 0.176 e. The van der Waals surface area contributed by atoms with E-state index in [-0.39, 0.29) is 5.75 Å². The largest absolute Gasteiger partial charge is 0.504 e. The van der Waals surface area contributed by atoms with Crippen LogP contribution in [0.3, 0.4) is 0 Å². The minimum Gasteiger partial charge on any atom is -0.504 e. The van der Waals surface area contributed by atoms with Gasteiger partial charge in [-0.05, 0) is 26.0 Å². The molecule has 0 fully saturated rings. The van der Waals surface area contributed by atoms with Gasteiger partial charge in [0.2, 0.25) is 0 Å². The van der Waals surface area contributed by atoms with Crippen molar-refractivity contribution in [3.05, 3.63) is 30.2 Å². The second-order valence-electron chi connectivity index (χ2n) is 4.61. The van der Waals surface area contributed by atoms with Gasteiger partial charge in [-0.1, -0.05) is 0 Å². The second-order valence-corrected chi connectivity index (χ2v) is 4.61. The molecule has 88 valence electrons. The minimum atomic E-state index is -1.08. The van der Waals surface area contributed by atoms with Crippen molar-refractivity contribution in [3.8, 4) is 5.75 Å². The highest BCUT2D eigenvalue weighted by molar-refractivity contribution is 6.04. The summed E-state index contributed by atoms with van der Waals surface area (Å²) in [6, 6.07) is 3.37. The Bertz CT molecular complexity index is 645. The standard InChI is InChI=1S/C13H12O4/c1-13(2,15)9-7-3-5-17-12(7)10(14)8-4-6-16-11(8)9/h3-6,14-15H,1-2H3. The fourth-order valence-corrected chi connectivity index (χ4v) is 2.23. The van der Waals surface area contributed by atoms with Crippen LogP contribution < -0.4 is 0 Å². The average Bonchev–Trinajstić information content (AvgIpc) is 2.83. The van der Waals surface area contributed by atoms with Crippen LogP contribution in [-0.4, -0.2) is 10.2 Å². The molecular weight excluding hydrogens is 220 g/mol. The van der Waals surface area contributed by atoms with Crippen LogP contribution in [0.2, 0.25) is 0 Å². The van der Waals surface area contributed by atoms with Crippen LogP contribution in [0, 0.1) is 0 Å². The number of hydrogen-bond acceptors (Lipinski definition) is 4. The molecule has 3 rings (SSSR count). The summed E-state index contributed by atoms with van der Waals surface area (Å²) in [5.41, 5.74) is 0.408. The summed E-state index contributed by atoms with van der Waals surface area (Å²) in [5, 5.41) is 21.5. The van der Waals surface area contributed by atoms with Gasteiger partial charge in [-0.25, -0.2) is 0 Å². The number of benzene rings is 1. The van der Waals surface area contributed by atoms with Crippen molar-refractivity contribution in [1.82, 2.24) is 0 Å². The number of hydrogen-bond donors (Lipinski definition) is 2. The zero-order chi connectivity index (χ0) is 12.2. The normalized spacial score (nSPS) is 12.6. The molecule has 0 bridgehead atoms. The maximum atomic E-state index is 10.2. The van der Waals surface area contributed by atoms with Gasteiger partial charge in [0.05, 0.1) is 23.5 Å². The Morgan fingerprint density at radius 1 is 1.00 bits per heavy atom. The zero-order valence-electron chi connectivity index (χ0n) is 9.52. The molecular formula is C13H12O4. The van der Waals surface area contributed by atoms with Crippen molar-refractivity contribution in [2.75, 3.05) is 0 Å². The maximum absolute atomic E-state index is 10.2. The Labute approximate surface area is 97.1 Å². The first-order chi connectivity index (χ1) is 8.00. The van der Waals surface area contributed by atoms with E-state index >= 15 is 0 Å². The molecule has 2 aromatic heterocycles. The fraction of sp³-hybridized carbons (Fsp3) is 0.231. The van der Waals surface area contributed by atoms with Crippen LogP contribution >= 0.6 is 0 Å². The fourth-order valence-electron chi connectivity index (χ4n) is 2.23. The van der Waals surface area contributed by atoms with E-state index in [2.05, 4.69) is 0 Å². The van der Waals surface area contributed by atoms with Crippen molar-refractivity contribution in [2.45, 2.75) is 19.4 Å². The van der Waals surface area contributed by atoms with E-state index in [0.29, 0.717) is 27.5 Å². The first kappa shape index (κ1) is 10.2. The first-order valence-electron chi connectivity index (χ1n) is 5.32. The average molecular weight is 232 g/mol. The van der Waals surface area contributed by atoms with Crippen LogP contribution in [0.15, 0.2) is 33.5 Å². The Morgan fingerprint density at radius 3 is 2.24 bits per heavy atom. The van der Waals surface area contributed by atoms with Gasteiger partial charge in [0, 0.05) is 10.9 Å². The number of rotatable bonds is 1. The number of aromatic hydroxyl groups is 1. The summed E-state index contributed by atoms with van der Waals surface area (Å²) in [6.45, 7) is 3.35. The van der Waals surface area contributed by atoms with Crippen LogP contribution in [0.4, 0.5) is 0 Å². The third-order valence-electron chi connectivity index (χ3n) is 2.91. The second kappa shape index (κ2) is 3.05. The molecule has 0 amide bonds. The Kier molecular flexibility index (Phi) is 1.83. The number of phenols is 1. The predicted molar refractivity (Wildman–Crippen MR) is 62.9 cm³/mol. The van der Waals surface area contributed by atoms with E-state index in [1.807, 2.05) is 0 Å². The first-order valence-corrected chi connectivity index (χ1v) is 5.32. The summed E-state index contributed by atoms with van der Waals surface area (Å²) in [7, 11) is 0. The van der Waals surface area contributed by atoms with Crippen LogP contribution in [0.1, 0.15) is 19.4 Å². The third kappa shape index (κ3) is 1.27. The molecule has 0 saturated heterocycles. The Hall–Kier alpha value is -1.94. The molecule has 0 saturated carbocycles. The number of furan rings is 2. The third-order valence-corrected chi connectivity index (χ3v) is 2.91. The highest BCUT2D eigenvalue weighted by Crippen LogP contribution is 2.42. The molecule has 0 aliphatic carbocycles. The molecule has 0 aliphatic rings. The van der Waals surface area contributed by atoms with E-state index in [4.69, 9.17) is 8.83 Å². The van der Waals surface area contributed by atoms with Crippen molar-refractivity contribution >= 4 is 21.9 Å². The molecule has 17 heavy (non-hydrogen) atoms. The topological polar surface area (TPSA) is 66.7 Å². The molecule has 0 radical (unpaired) electrons. The lowest BCUT2D eigenvalue weighted by atomic mass is 9.93. The highest BCUT2D eigenvalue weighted by atomic mass is 16.4. The molecule has 2 heterocycles. The minimum absolute atomic E-state index is 0.0433. The molecule has 3 aromatic rings. The van der Waals surface area contributed by atoms with Gasteiger partial charge in [0.1, 0.15) is 5.58 Å². The summed E-state index contributed by atoms with van der Waals surface area (Å²) < 4.78 is 10.6. The smallest absolute Gasteiger partial charge is 0.176 e. The van der Waals surface area contributed by atoms with Gasteiger partial charge < -0.3 is 19.0 Å². The molecule has 4 heteroatoms. The van der Waals surface area contributed by atoms with Crippen LogP contribution in [-0.2, 0) is 5.60 Å². The van der Waals surface area contributed by atoms with Gasteiger partial charge in [-0.2, -0.15) is 0 Å². The Balaban J connectivity index is 2.62. The van der Waals surface area contributed by atoms with E-state index in [0.717, 1.165) is 0 Å². The Morgan fingerprint density at radius 2 is 1.59 bits per heavy atom. The summed E-state index contributed by atoms with van der Waals surface area (Å²) in [5.74, 6) is 0.0433. The molecule has 0 atom stereocenters. The monoisotopic (exact) mass is 232 g/mol. The van der Waals surface area contributed by atoms with Crippen molar-refractivity contribution in [1.29, 1.82) is 0 Å². The predicted octanol–water partition coefficient (Wildman–Crippen LogP) is 3.11. The van der Waals surface area contributed by atoms with Gasteiger partial charge in [-0.3, -0.25) is 0 Å². The van der Waals surface area contributed by atoms with Gasteiger partial charge in [-0.15, -0.1) is 0 Å². The molecule has 4 nitrogen and oxygen atoms in total.